The van der Waals surface area contributed by atoms with Crippen molar-refractivity contribution in [2.75, 3.05) is 6.61 Å². The number of allylic oxidation sites excluding steroid dienone is 2. The first-order chi connectivity index (χ1) is 14.3. The number of hydrogen-bond donors (Lipinski definition) is 0. The average molecular weight is 391 g/mol. The van der Waals surface area contributed by atoms with Crippen LogP contribution in [-0.2, 0) is 6.42 Å². The molecular formula is C28H38O. The van der Waals surface area contributed by atoms with Gasteiger partial charge in [-0.05, 0) is 60.4 Å². The molecule has 1 aliphatic rings. The van der Waals surface area contributed by atoms with Crippen LogP contribution in [0, 0.1) is 5.92 Å². The number of unbranched alkanes of at least 4 members (excludes halogenated alkanes) is 4. The molecule has 0 amide bonds. The van der Waals surface area contributed by atoms with Crippen LogP contribution in [0.3, 0.4) is 0 Å². The van der Waals surface area contributed by atoms with Gasteiger partial charge < -0.3 is 4.74 Å². The highest BCUT2D eigenvalue weighted by Gasteiger charge is 2.09. The van der Waals surface area contributed by atoms with E-state index in [1.54, 1.807) is 0 Å². The molecule has 1 heteroatoms. The Hall–Kier alpha value is -2.02. The van der Waals surface area contributed by atoms with Gasteiger partial charge in [0.2, 0.25) is 0 Å². The molecule has 1 aliphatic carbocycles. The Balaban J connectivity index is 1.43. The van der Waals surface area contributed by atoms with E-state index in [1.165, 1.54) is 74.5 Å². The first-order valence-corrected chi connectivity index (χ1v) is 11.8. The lowest BCUT2D eigenvalue weighted by atomic mass is 9.89. The Morgan fingerprint density at radius 2 is 1.45 bits per heavy atom. The van der Waals surface area contributed by atoms with Crippen molar-refractivity contribution in [3.8, 4) is 16.9 Å². The second-order valence-electron chi connectivity index (χ2n) is 8.51. The molecule has 1 nitrogen and oxygen atoms in total. The lowest BCUT2D eigenvalue weighted by molar-refractivity contribution is 0.304. The normalized spacial score (nSPS) is 15.1. The molecule has 0 aliphatic heterocycles. The minimum Gasteiger partial charge on any atom is -0.494 e. The molecule has 3 rings (SSSR count). The summed E-state index contributed by atoms with van der Waals surface area (Å²) in [5.74, 6) is 1.80. The van der Waals surface area contributed by atoms with E-state index in [1.807, 2.05) is 0 Å². The summed E-state index contributed by atoms with van der Waals surface area (Å²) in [6.45, 7) is 3.08. The Morgan fingerprint density at radius 1 is 0.793 bits per heavy atom. The quantitative estimate of drug-likeness (QED) is 0.276. The van der Waals surface area contributed by atoms with Crippen LogP contribution < -0.4 is 4.74 Å². The first-order valence-electron chi connectivity index (χ1n) is 11.8. The lowest BCUT2D eigenvalue weighted by Crippen LogP contribution is -2.02. The van der Waals surface area contributed by atoms with Crippen molar-refractivity contribution in [3.63, 3.8) is 0 Å². The van der Waals surface area contributed by atoms with E-state index in [-0.39, 0.29) is 0 Å². The fourth-order valence-electron chi connectivity index (χ4n) is 4.20. The summed E-state index contributed by atoms with van der Waals surface area (Å²) in [7, 11) is 0. The molecule has 156 valence electrons. The number of hydrogen-bond acceptors (Lipinski definition) is 1. The standard InChI is InChI=1S/C28H38O/c1-2-3-4-5-9-23-29-28-21-19-27(20-22-28)26-17-15-25(16-18-26)14-10-13-24-11-7-6-8-12-24/h10,13,15-22,24H,2-9,11-12,14,23H2,1H3. The molecule has 0 bridgehead atoms. The van der Waals surface area contributed by atoms with Crippen molar-refractivity contribution in [1.82, 2.24) is 0 Å². The predicted molar refractivity (Wildman–Crippen MR) is 126 cm³/mol. The van der Waals surface area contributed by atoms with Gasteiger partial charge >= 0.3 is 0 Å². The van der Waals surface area contributed by atoms with Crippen molar-refractivity contribution >= 4 is 0 Å². The topological polar surface area (TPSA) is 9.23 Å². The third kappa shape index (κ3) is 7.72. The van der Waals surface area contributed by atoms with Crippen LogP contribution in [-0.4, -0.2) is 6.61 Å². The van der Waals surface area contributed by atoms with Crippen molar-refractivity contribution in [3.05, 3.63) is 66.2 Å². The maximum Gasteiger partial charge on any atom is 0.119 e. The maximum absolute atomic E-state index is 5.88. The summed E-state index contributed by atoms with van der Waals surface area (Å²) in [6.07, 6.45) is 19.3. The molecule has 2 aromatic rings. The summed E-state index contributed by atoms with van der Waals surface area (Å²) >= 11 is 0. The molecule has 0 atom stereocenters. The molecule has 0 unspecified atom stereocenters. The van der Waals surface area contributed by atoms with Crippen LogP contribution in [0.15, 0.2) is 60.7 Å². The van der Waals surface area contributed by atoms with Crippen molar-refractivity contribution in [1.29, 1.82) is 0 Å². The van der Waals surface area contributed by atoms with E-state index in [0.29, 0.717) is 0 Å². The monoisotopic (exact) mass is 390 g/mol. The summed E-state index contributed by atoms with van der Waals surface area (Å²) in [5.41, 5.74) is 3.92. The summed E-state index contributed by atoms with van der Waals surface area (Å²) in [4.78, 5) is 0. The van der Waals surface area contributed by atoms with Gasteiger partial charge in [0.1, 0.15) is 5.75 Å². The van der Waals surface area contributed by atoms with E-state index >= 15 is 0 Å². The van der Waals surface area contributed by atoms with Crippen molar-refractivity contribution in [2.45, 2.75) is 77.6 Å². The van der Waals surface area contributed by atoms with Gasteiger partial charge in [-0.2, -0.15) is 0 Å². The van der Waals surface area contributed by atoms with Gasteiger partial charge in [-0.3, -0.25) is 0 Å². The molecule has 29 heavy (non-hydrogen) atoms. The molecule has 1 fully saturated rings. The third-order valence-electron chi connectivity index (χ3n) is 6.07. The molecule has 0 spiro atoms. The van der Waals surface area contributed by atoms with Gasteiger partial charge in [0.25, 0.3) is 0 Å². The SMILES string of the molecule is CCCCCCCOc1ccc(-c2ccc(CC=CC3CCCCC3)cc2)cc1. The van der Waals surface area contributed by atoms with Gasteiger partial charge in [-0.15, -0.1) is 0 Å². The first kappa shape index (κ1) is 21.7. The van der Waals surface area contributed by atoms with Gasteiger partial charge in [-0.25, -0.2) is 0 Å². The lowest BCUT2D eigenvalue weighted by Gasteiger charge is -2.17. The second-order valence-corrected chi connectivity index (χ2v) is 8.51. The van der Waals surface area contributed by atoms with Gasteiger partial charge in [-0.1, -0.05) is 100 Å². The van der Waals surface area contributed by atoms with Gasteiger partial charge in [0.05, 0.1) is 6.61 Å². The summed E-state index contributed by atoms with van der Waals surface area (Å²) < 4.78 is 5.88. The molecule has 0 radical (unpaired) electrons. The average Bonchev–Trinajstić information content (AvgIpc) is 2.78. The van der Waals surface area contributed by atoms with Crippen molar-refractivity contribution in [2.24, 2.45) is 5.92 Å². The van der Waals surface area contributed by atoms with E-state index in [4.69, 9.17) is 4.74 Å². The van der Waals surface area contributed by atoms with Crippen LogP contribution in [0.4, 0.5) is 0 Å². The van der Waals surface area contributed by atoms with E-state index in [0.717, 1.165) is 31.1 Å². The highest BCUT2D eigenvalue weighted by Crippen LogP contribution is 2.25. The van der Waals surface area contributed by atoms with Gasteiger partial charge in [0, 0.05) is 0 Å². The predicted octanol–water partition coefficient (Wildman–Crippen LogP) is 8.38. The molecule has 0 N–H and O–H groups in total. The molecule has 2 aromatic carbocycles. The highest BCUT2D eigenvalue weighted by molar-refractivity contribution is 5.64. The maximum atomic E-state index is 5.88. The largest absolute Gasteiger partial charge is 0.494 e. The summed E-state index contributed by atoms with van der Waals surface area (Å²) in [6, 6.07) is 17.6. The van der Waals surface area contributed by atoms with Crippen LogP contribution in [0.2, 0.25) is 0 Å². The molecular weight excluding hydrogens is 352 g/mol. The number of ether oxygens (including phenoxy) is 1. The third-order valence-corrected chi connectivity index (χ3v) is 6.07. The molecule has 0 aromatic heterocycles. The zero-order valence-electron chi connectivity index (χ0n) is 18.2. The minimum atomic E-state index is 0.820. The molecule has 0 saturated heterocycles. The Kier molecular flexibility index (Phi) is 9.36. The second kappa shape index (κ2) is 12.5. The zero-order valence-corrected chi connectivity index (χ0v) is 18.2. The number of rotatable bonds is 11. The minimum absolute atomic E-state index is 0.820. The smallest absolute Gasteiger partial charge is 0.119 e. The fraction of sp³-hybridized carbons (Fsp3) is 0.500. The van der Waals surface area contributed by atoms with E-state index in [2.05, 4.69) is 67.6 Å². The Morgan fingerprint density at radius 3 is 2.14 bits per heavy atom. The Bertz CT molecular complexity index is 705. The van der Waals surface area contributed by atoms with Crippen LogP contribution in [0.1, 0.15) is 76.7 Å². The fourth-order valence-corrected chi connectivity index (χ4v) is 4.20. The highest BCUT2D eigenvalue weighted by atomic mass is 16.5. The van der Waals surface area contributed by atoms with Crippen LogP contribution in [0.5, 0.6) is 5.75 Å². The van der Waals surface area contributed by atoms with E-state index in [9.17, 15) is 0 Å². The number of benzene rings is 2. The Labute approximate surface area is 178 Å². The van der Waals surface area contributed by atoms with Crippen LogP contribution >= 0.6 is 0 Å². The summed E-state index contributed by atoms with van der Waals surface area (Å²) in [5, 5.41) is 0. The zero-order chi connectivity index (χ0) is 20.2. The molecule has 1 saturated carbocycles. The van der Waals surface area contributed by atoms with Crippen LogP contribution in [0.25, 0.3) is 11.1 Å². The van der Waals surface area contributed by atoms with Crippen molar-refractivity contribution < 1.29 is 4.74 Å². The van der Waals surface area contributed by atoms with E-state index < -0.39 is 0 Å². The molecule has 0 heterocycles. The van der Waals surface area contributed by atoms with Gasteiger partial charge in [0.15, 0.2) is 0 Å².